The van der Waals surface area contributed by atoms with E-state index in [0.717, 1.165) is 26.1 Å². The van der Waals surface area contributed by atoms with E-state index in [-0.39, 0.29) is 6.09 Å². The van der Waals surface area contributed by atoms with Gasteiger partial charge in [-0.25, -0.2) is 4.79 Å². The van der Waals surface area contributed by atoms with Gasteiger partial charge in [0.1, 0.15) is 6.61 Å². The molecule has 2 aliphatic rings. The number of ether oxygens (including phenoxy) is 1. The Morgan fingerprint density at radius 2 is 2.46 bits per heavy atom. The van der Waals surface area contributed by atoms with E-state index < -0.39 is 0 Å². The standard InChI is InChI=1S/C9H16N2O2/c1-7-6-10-3-2-8(7)11-4-5-13-9(11)12/h7-8,10H,2-6H2,1H3. The van der Waals surface area contributed by atoms with Crippen LogP contribution in [0.2, 0.25) is 0 Å². The molecule has 2 unspecified atom stereocenters. The molecule has 0 aliphatic carbocycles. The SMILES string of the molecule is CC1CNCCC1N1CCOC1=O. The highest BCUT2D eigenvalue weighted by Gasteiger charge is 2.34. The molecule has 2 fully saturated rings. The van der Waals surface area contributed by atoms with E-state index in [9.17, 15) is 4.79 Å². The van der Waals surface area contributed by atoms with Crippen molar-refractivity contribution in [3.05, 3.63) is 0 Å². The van der Waals surface area contributed by atoms with E-state index in [1.54, 1.807) is 0 Å². The summed E-state index contributed by atoms with van der Waals surface area (Å²) < 4.78 is 4.93. The number of carbonyl (C=O) groups is 1. The van der Waals surface area contributed by atoms with Crippen LogP contribution in [0.1, 0.15) is 13.3 Å². The summed E-state index contributed by atoms with van der Waals surface area (Å²) in [5, 5.41) is 3.32. The van der Waals surface area contributed by atoms with Crippen molar-refractivity contribution < 1.29 is 9.53 Å². The van der Waals surface area contributed by atoms with Crippen molar-refractivity contribution in [1.82, 2.24) is 10.2 Å². The fourth-order valence-electron chi connectivity index (χ4n) is 2.17. The smallest absolute Gasteiger partial charge is 0.410 e. The molecule has 0 bridgehead atoms. The van der Waals surface area contributed by atoms with E-state index in [4.69, 9.17) is 4.74 Å². The van der Waals surface area contributed by atoms with Crippen molar-refractivity contribution in [1.29, 1.82) is 0 Å². The fourth-order valence-corrected chi connectivity index (χ4v) is 2.17. The number of carbonyl (C=O) groups excluding carboxylic acids is 1. The second-order valence-electron chi connectivity index (χ2n) is 3.85. The zero-order valence-electron chi connectivity index (χ0n) is 7.95. The Morgan fingerprint density at radius 3 is 3.08 bits per heavy atom. The Labute approximate surface area is 78.2 Å². The van der Waals surface area contributed by atoms with Crippen molar-refractivity contribution in [3.8, 4) is 0 Å². The molecular formula is C9H16N2O2. The van der Waals surface area contributed by atoms with Crippen LogP contribution < -0.4 is 5.32 Å². The summed E-state index contributed by atoms with van der Waals surface area (Å²) in [4.78, 5) is 13.2. The number of hydrogen-bond acceptors (Lipinski definition) is 3. The lowest BCUT2D eigenvalue weighted by atomic mass is 9.94. The number of piperidine rings is 1. The number of amides is 1. The third kappa shape index (κ3) is 1.63. The maximum absolute atomic E-state index is 11.3. The Kier molecular flexibility index (Phi) is 2.40. The minimum atomic E-state index is -0.126. The summed E-state index contributed by atoms with van der Waals surface area (Å²) in [5.41, 5.74) is 0. The summed E-state index contributed by atoms with van der Waals surface area (Å²) in [6.07, 6.45) is 0.926. The molecule has 13 heavy (non-hydrogen) atoms. The van der Waals surface area contributed by atoms with E-state index in [1.165, 1.54) is 0 Å². The van der Waals surface area contributed by atoms with E-state index in [1.807, 2.05) is 4.90 Å². The van der Waals surface area contributed by atoms with Crippen LogP contribution in [-0.2, 0) is 4.74 Å². The summed E-state index contributed by atoms with van der Waals surface area (Å²) in [6.45, 7) is 5.54. The first-order valence-electron chi connectivity index (χ1n) is 4.93. The predicted molar refractivity (Wildman–Crippen MR) is 48.5 cm³/mol. The maximum atomic E-state index is 11.3. The molecule has 1 amide bonds. The average molecular weight is 184 g/mol. The van der Waals surface area contributed by atoms with E-state index >= 15 is 0 Å². The number of cyclic esters (lactones) is 1. The number of nitrogens with one attached hydrogen (secondary N) is 1. The maximum Gasteiger partial charge on any atom is 0.410 e. The Bertz CT molecular complexity index is 208. The molecule has 4 heteroatoms. The second-order valence-corrected chi connectivity index (χ2v) is 3.85. The van der Waals surface area contributed by atoms with Gasteiger partial charge in [0, 0.05) is 6.04 Å². The zero-order valence-corrected chi connectivity index (χ0v) is 7.95. The first kappa shape index (κ1) is 8.81. The molecule has 0 aromatic heterocycles. The first-order chi connectivity index (χ1) is 6.29. The van der Waals surface area contributed by atoms with Gasteiger partial charge in [-0.1, -0.05) is 6.92 Å². The Hall–Kier alpha value is -0.770. The van der Waals surface area contributed by atoms with E-state index in [0.29, 0.717) is 18.6 Å². The molecule has 0 spiro atoms. The van der Waals surface area contributed by atoms with Crippen LogP contribution in [0.3, 0.4) is 0 Å². The molecule has 0 radical (unpaired) electrons. The van der Waals surface area contributed by atoms with Gasteiger partial charge in [-0.15, -0.1) is 0 Å². The fraction of sp³-hybridized carbons (Fsp3) is 0.889. The molecule has 2 aliphatic heterocycles. The van der Waals surface area contributed by atoms with Crippen molar-refractivity contribution in [2.45, 2.75) is 19.4 Å². The van der Waals surface area contributed by atoms with Crippen LogP contribution in [0.5, 0.6) is 0 Å². The Morgan fingerprint density at radius 1 is 1.62 bits per heavy atom. The van der Waals surface area contributed by atoms with Crippen LogP contribution in [-0.4, -0.2) is 43.3 Å². The average Bonchev–Trinajstić information content (AvgIpc) is 2.52. The summed E-state index contributed by atoms with van der Waals surface area (Å²) >= 11 is 0. The minimum Gasteiger partial charge on any atom is -0.448 e. The van der Waals surface area contributed by atoms with Crippen LogP contribution >= 0.6 is 0 Å². The van der Waals surface area contributed by atoms with Gasteiger partial charge in [-0.3, -0.25) is 0 Å². The van der Waals surface area contributed by atoms with Crippen molar-refractivity contribution >= 4 is 6.09 Å². The van der Waals surface area contributed by atoms with Gasteiger partial charge in [0.15, 0.2) is 0 Å². The monoisotopic (exact) mass is 184 g/mol. The number of nitrogens with zero attached hydrogens (tertiary/aromatic N) is 1. The third-order valence-corrected chi connectivity index (χ3v) is 2.93. The second kappa shape index (κ2) is 3.54. The van der Waals surface area contributed by atoms with Crippen LogP contribution in [0, 0.1) is 5.92 Å². The molecule has 2 atom stereocenters. The summed E-state index contributed by atoms with van der Waals surface area (Å²) in [7, 11) is 0. The van der Waals surface area contributed by atoms with Gasteiger partial charge in [-0.2, -0.15) is 0 Å². The van der Waals surface area contributed by atoms with Crippen LogP contribution in [0.25, 0.3) is 0 Å². The number of hydrogen-bond donors (Lipinski definition) is 1. The summed E-state index contributed by atoms with van der Waals surface area (Å²) in [5.74, 6) is 0.541. The first-order valence-corrected chi connectivity index (χ1v) is 4.93. The lowest BCUT2D eigenvalue weighted by Gasteiger charge is -2.34. The molecule has 4 nitrogen and oxygen atoms in total. The van der Waals surface area contributed by atoms with Crippen LogP contribution in [0.15, 0.2) is 0 Å². The van der Waals surface area contributed by atoms with Crippen molar-refractivity contribution in [2.75, 3.05) is 26.2 Å². The molecular weight excluding hydrogens is 168 g/mol. The highest BCUT2D eigenvalue weighted by Crippen LogP contribution is 2.20. The van der Waals surface area contributed by atoms with Gasteiger partial charge < -0.3 is 15.0 Å². The topological polar surface area (TPSA) is 41.6 Å². The predicted octanol–water partition coefficient (Wildman–Crippen LogP) is 0.437. The Balaban J connectivity index is 2.01. The molecule has 74 valence electrons. The molecule has 0 aromatic rings. The third-order valence-electron chi connectivity index (χ3n) is 2.93. The zero-order chi connectivity index (χ0) is 9.26. The summed E-state index contributed by atoms with van der Waals surface area (Å²) in [6, 6.07) is 0.385. The highest BCUT2D eigenvalue weighted by atomic mass is 16.6. The van der Waals surface area contributed by atoms with Gasteiger partial charge in [0.25, 0.3) is 0 Å². The highest BCUT2D eigenvalue weighted by molar-refractivity contribution is 5.69. The van der Waals surface area contributed by atoms with Gasteiger partial charge >= 0.3 is 6.09 Å². The largest absolute Gasteiger partial charge is 0.448 e. The quantitative estimate of drug-likeness (QED) is 0.643. The minimum absolute atomic E-state index is 0.126. The molecule has 0 saturated carbocycles. The molecule has 1 N–H and O–H groups in total. The lowest BCUT2D eigenvalue weighted by molar-refractivity contribution is 0.125. The van der Waals surface area contributed by atoms with Gasteiger partial charge in [-0.05, 0) is 25.4 Å². The molecule has 2 rings (SSSR count). The molecule has 2 heterocycles. The normalized spacial score (nSPS) is 34.8. The van der Waals surface area contributed by atoms with Crippen molar-refractivity contribution in [3.63, 3.8) is 0 Å². The van der Waals surface area contributed by atoms with Crippen molar-refractivity contribution in [2.24, 2.45) is 5.92 Å². The van der Waals surface area contributed by atoms with Crippen LogP contribution in [0.4, 0.5) is 4.79 Å². The lowest BCUT2D eigenvalue weighted by Crippen LogP contribution is -2.48. The number of rotatable bonds is 1. The molecule has 0 aromatic carbocycles. The molecule has 2 saturated heterocycles. The van der Waals surface area contributed by atoms with E-state index in [2.05, 4.69) is 12.2 Å². The van der Waals surface area contributed by atoms with Gasteiger partial charge in [0.05, 0.1) is 6.54 Å². The van der Waals surface area contributed by atoms with Gasteiger partial charge in [0.2, 0.25) is 0 Å².